The van der Waals surface area contributed by atoms with Crippen molar-refractivity contribution in [2.45, 2.75) is 64.8 Å². The van der Waals surface area contributed by atoms with Crippen LogP contribution in [0, 0.1) is 5.41 Å². The van der Waals surface area contributed by atoms with E-state index in [0.717, 1.165) is 45.2 Å². The second-order valence-electron chi connectivity index (χ2n) is 7.45. The van der Waals surface area contributed by atoms with Crippen molar-refractivity contribution in [2.24, 2.45) is 10.4 Å². The van der Waals surface area contributed by atoms with Crippen molar-refractivity contribution in [1.82, 2.24) is 15.5 Å². The highest BCUT2D eigenvalue weighted by atomic mass is 16.5. The Hall–Kier alpha value is -0.810. The third-order valence-electron chi connectivity index (χ3n) is 5.83. The Kier molecular flexibility index (Phi) is 8.33. The number of piperidine rings is 1. The summed E-state index contributed by atoms with van der Waals surface area (Å²) in [5.74, 6) is 0.989. The van der Waals surface area contributed by atoms with Crippen LogP contribution in [0.2, 0.25) is 0 Å². The molecule has 0 aromatic rings. The van der Waals surface area contributed by atoms with E-state index in [0.29, 0.717) is 11.5 Å². The fraction of sp³-hybridized carbons (Fsp3) is 0.947. The second kappa shape index (κ2) is 10.2. The van der Waals surface area contributed by atoms with Gasteiger partial charge in [-0.15, -0.1) is 0 Å². The molecule has 2 N–H and O–H groups in total. The van der Waals surface area contributed by atoms with Gasteiger partial charge in [0, 0.05) is 39.4 Å². The summed E-state index contributed by atoms with van der Waals surface area (Å²) in [5, 5.41) is 7.02. The van der Waals surface area contributed by atoms with Gasteiger partial charge in [-0.05, 0) is 57.5 Å². The van der Waals surface area contributed by atoms with Gasteiger partial charge in [0.05, 0.1) is 0 Å². The maximum absolute atomic E-state index is 5.29. The molecule has 24 heavy (non-hydrogen) atoms. The molecule has 5 nitrogen and oxygen atoms in total. The molecule has 1 heterocycles. The lowest BCUT2D eigenvalue weighted by molar-refractivity contribution is 0.0778. The molecule has 2 rings (SSSR count). The number of ether oxygens (including phenoxy) is 1. The van der Waals surface area contributed by atoms with E-state index in [-0.39, 0.29) is 0 Å². The minimum atomic E-state index is 0.388. The summed E-state index contributed by atoms with van der Waals surface area (Å²) in [5.41, 5.74) is 0.388. The van der Waals surface area contributed by atoms with Crippen LogP contribution in [0.1, 0.15) is 58.8 Å². The summed E-state index contributed by atoms with van der Waals surface area (Å²) in [4.78, 5) is 7.52. The third-order valence-corrected chi connectivity index (χ3v) is 5.83. The van der Waals surface area contributed by atoms with Crippen molar-refractivity contribution in [3.8, 4) is 0 Å². The predicted molar refractivity (Wildman–Crippen MR) is 102 cm³/mol. The van der Waals surface area contributed by atoms with Gasteiger partial charge >= 0.3 is 0 Å². The molecule has 0 aromatic carbocycles. The molecule has 140 valence electrons. The molecule has 0 spiro atoms. The first-order valence-corrected chi connectivity index (χ1v) is 9.98. The summed E-state index contributed by atoms with van der Waals surface area (Å²) in [7, 11) is 1.80. The zero-order valence-corrected chi connectivity index (χ0v) is 16.1. The van der Waals surface area contributed by atoms with Gasteiger partial charge in [-0.25, -0.2) is 0 Å². The standard InChI is InChI=1S/C19H38N4O/c1-4-20-18(21-15-17-9-6-7-13-23(17)5-2)22-16-19(10-8-11-19)12-14-24-3/h17H,4-16H2,1-3H3,(H2,20,21,22). The number of aliphatic imine (C=N–C) groups is 1. The summed E-state index contributed by atoms with van der Waals surface area (Å²) in [6.45, 7) is 10.5. The number of nitrogens with one attached hydrogen (secondary N) is 2. The second-order valence-corrected chi connectivity index (χ2v) is 7.45. The first kappa shape index (κ1) is 19.5. The van der Waals surface area contributed by atoms with E-state index in [9.17, 15) is 0 Å². The first-order chi connectivity index (χ1) is 11.7. The van der Waals surface area contributed by atoms with Crippen LogP contribution in [0.15, 0.2) is 4.99 Å². The smallest absolute Gasteiger partial charge is 0.191 e. The van der Waals surface area contributed by atoms with Crippen molar-refractivity contribution >= 4 is 5.96 Å². The van der Waals surface area contributed by atoms with Crippen LogP contribution in [-0.4, -0.2) is 63.3 Å². The summed E-state index contributed by atoms with van der Waals surface area (Å²) in [6.07, 6.45) is 9.08. The third kappa shape index (κ3) is 5.62. The first-order valence-electron chi connectivity index (χ1n) is 9.98. The largest absolute Gasteiger partial charge is 0.385 e. The van der Waals surface area contributed by atoms with Gasteiger partial charge < -0.3 is 15.4 Å². The van der Waals surface area contributed by atoms with Crippen molar-refractivity contribution in [3.63, 3.8) is 0 Å². The Morgan fingerprint density at radius 3 is 2.67 bits per heavy atom. The molecule has 1 unspecified atom stereocenters. The maximum atomic E-state index is 5.29. The average molecular weight is 339 g/mol. The minimum absolute atomic E-state index is 0.388. The van der Waals surface area contributed by atoms with Crippen molar-refractivity contribution in [3.05, 3.63) is 0 Å². The van der Waals surface area contributed by atoms with Crippen LogP contribution in [0.5, 0.6) is 0 Å². The van der Waals surface area contributed by atoms with Gasteiger partial charge in [0.15, 0.2) is 5.96 Å². The van der Waals surface area contributed by atoms with Gasteiger partial charge in [0.25, 0.3) is 0 Å². The van der Waals surface area contributed by atoms with E-state index in [4.69, 9.17) is 9.73 Å². The van der Waals surface area contributed by atoms with E-state index in [1.165, 1.54) is 45.1 Å². The Bertz CT molecular complexity index is 382. The number of methoxy groups -OCH3 is 1. The zero-order valence-electron chi connectivity index (χ0n) is 16.1. The van der Waals surface area contributed by atoms with Crippen LogP contribution in [0.4, 0.5) is 0 Å². The molecule has 0 amide bonds. The molecule has 1 saturated heterocycles. The van der Waals surface area contributed by atoms with E-state index >= 15 is 0 Å². The quantitative estimate of drug-likeness (QED) is 0.501. The summed E-state index contributed by atoms with van der Waals surface area (Å²) >= 11 is 0. The van der Waals surface area contributed by atoms with Gasteiger partial charge in [-0.2, -0.15) is 0 Å². The number of likely N-dealkylation sites (tertiary alicyclic amines) is 1. The number of likely N-dealkylation sites (N-methyl/N-ethyl adjacent to an activating group) is 1. The van der Waals surface area contributed by atoms with Crippen molar-refractivity contribution in [2.75, 3.05) is 46.4 Å². The lowest BCUT2D eigenvalue weighted by Crippen LogP contribution is -2.49. The van der Waals surface area contributed by atoms with Gasteiger partial charge in [-0.1, -0.05) is 19.8 Å². The molecule has 5 heteroatoms. The molecular weight excluding hydrogens is 300 g/mol. The topological polar surface area (TPSA) is 48.9 Å². The van der Waals surface area contributed by atoms with Crippen LogP contribution >= 0.6 is 0 Å². The number of hydrogen-bond donors (Lipinski definition) is 2. The molecule has 1 atom stereocenters. The molecule has 2 fully saturated rings. The highest BCUT2D eigenvalue weighted by Gasteiger charge is 2.36. The SMILES string of the molecule is CCNC(=NCC1(CCOC)CCC1)NCC1CCCCN1CC. The number of nitrogens with zero attached hydrogens (tertiary/aromatic N) is 2. The minimum Gasteiger partial charge on any atom is -0.385 e. The van der Waals surface area contributed by atoms with Crippen LogP contribution in [0.3, 0.4) is 0 Å². The lowest BCUT2D eigenvalue weighted by Gasteiger charge is -2.41. The highest BCUT2D eigenvalue weighted by Crippen LogP contribution is 2.44. The summed E-state index contributed by atoms with van der Waals surface area (Å²) < 4.78 is 5.29. The highest BCUT2D eigenvalue weighted by molar-refractivity contribution is 5.79. The summed E-state index contributed by atoms with van der Waals surface area (Å²) in [6, 6.07) is 0.652. The maximum Gasteiger partial charge on any atom is 0.191 e. The monoisotopic (exact) mass is 338 g/mol. The molecule has 1 aliphatic heterocycles. The molecule has 0 aromatic heterocycles. The van der Waals surface area contributed by atoms with E-state index in [1.807, 2.05) is 0 Å². The van der Waals surface area contributed by atoms with Crippen LogP contribution < -0.4 is 10.6 Å². The Morgan fingerprint density at radius 2 is 2.04 bits per heavy atom. The molecule has 1 aliphatic carbocycles. The van der Waals surface area contributed by atoms with Gasteiger partial charge in [0.2, 0.25) is 0 Å². The molecule has 1 saturated carbocycles. The van der Waals surface area contributed by atoms with Crippen LogP contribution in [-0.2, 0) is 4.74 Å². The number of hydrogen-bond acceptors (Lipinski definition) is 3. The zero-order chi connectivity index (χ0) is 17.3. The lowest BCUT2D eigenvalue weighted by atomic mass is 9.67. The molecule has 0 bridgehead atoms. The van der Waals surface area contributed by atoms with E-state index < -0.39 is 0 Å². The molecule has 2 aliphatic rings. The van der Waals surface area contributed by atoms with E-state index in [2.05, 4.69) is 29.4 Å². The Labute approximate surface area is 148 Å². The number of rotatable bonds is 9. The Morgan fingerprint density at radius 1 is 1.21 bits per heavy atom. The van der Waals surface area contributed by atoms with Crippen molar-refractivity contribution in [1.29, 1.82) is 0 Å². The van der Waals surface area contributed by atoms with E-state index in [1.54, 1.807) is 7.11 Å². The molecule has 0 radical (unpaired) electrons. The van der Waals surface area contributed by atoms with Crippen LogP contribution in [0.25, 0.3) is 0 Å². The number of guanidine groups is 1. The fourth-order valence-corrected chi connectivity index (χ4v) is 3.99. The Balaban J connectivity index is 1.85. The predicted octanol–water partition coefficient (Wildman–Crippen LogP) is 2.62. The van der Waals surface area contributed by atoms with Gasteiger partial charge in [0.1, 0.15) is 0 Å². The molecular formula is C19H38N4O. The van der Waals surface area contributed by atoms with Crippen molar-refractivity contribution < 1.29 is 4.74 Å². The average Bonchev–Trinajstić information content (AvgIpc) is 2.58. The van der Waals surface area contributed by atoms with Gasteiger partial charge in [-0.3, -0.25) is 9.89 Å². The fourth-order valence-electron chi connectivity index (χ4n) is 3.99. The normalized spacial score (nSPS) is 24.5.